The number of rotatable bonds is 6. The first kappa shape index (κ1) is 16.9. The van der Waals surface area contributed by atoms with Crippen molar-refractivity contribution in [3.63, 3.8) is 0 Å². The Morgan fingerprint density at radius 3 is 2.30 bits per heavy atom. The maximum absolute atomic E-state index is 11.9. The number of hydrogen-bond donors (Lipinski definition) is 1. The Morgan fingerprint density at radius 2 is 1.61 bits per heavy atom. The molecule has 6 heteroatoms. The molecule has 118 valence electrons. The fraction of sp³-hybridized carbons (Fsp3) is 0.118. The average Bonchev–Trinajstić information content (AvgIpc) is 2.58. The smallest absolute Gasteiger partial charge is 0.325 e. The summed E-state index contributed by atoms with van der Waals surface area (Å²) in [6.45, 7) is -0.657. The molecule has 0 unspecified atom stereocenters. The van der Waals surface area contributed by atoms with E-state index in [0.29, 0.717) is 15.6 Å². The van der Waals surface area contributed by atoms with Crippen molar-refractivity contribution in [1.82, 2.24) is 5.32 Å². The number of benzene rings is 2. The van der Waals surface area contributed by atoms with E-state index in [1.807, 2.05) is 0 Å². The second-order valence-electron chi connectivity index (χ2n) is 4.61. The average molecular weight is 376 g/mol. The van der Waals surface area contributed by atoms with E-state index in [1.54, 1.807) is 54.6 Å². The van der Waals surface area contributed by atoms with Crippen LogP contribution < -0.4 is 5.32 Å². The molecule has 0 radical (unpaired) electrons. The third-order valence-corrected chi connectivity index (χ3v) is 3.66. The van der Waals surface area contributed by atoms with Gasteiger partial charge in [-0.05, 0) is 28.1 Å². The molecule has 0 bridgehead atoms. The summed E-state index contributed by atoms with van der Waals surface area (Å²) >= 11 is 3.26. The standard InChI is InChI=1S/C17H14BrNO4/c18-14-9-5-4-8-13(14)17(22)19-10-16(21)23-11-15(20)12-6-2-1-3-7-12/h1-9H,10-11H2,(H,19,22). The SMILES string of the molecule is O=C(CNC(=O)c1ccccc1Br)OCC(=O)c1ccccc1. The van der Waals surface area contributed by atoms with E-state index in [1.165, 1.54) is 0 Å². The highest BCUT2D eigenvalue weighted by Gasteiger charge is 2.13. The quantitative estimate of drug-likeness (QED) is 0.622. The summed E-state index contributed by atoms with van der Waals surface area (Å²) in [5.41, 5.74) is 0.887. The predicted molar refractivity (Wildman–Crippen MR) is 88.2 cm³/mol. The van der Waals surface area contributed by atoms with E-state index in [-0.39, 0.29) is 18.9 Å². The Hall–Kier alpha value is -2.47. The fourth-order valence-electron chi connectivity index (χ4n) is 1.80. The lowest BCUT2D eigenvalue weighted by Gasteiger charge is -2.07. The Balaban J connectivity index is 1.78. The van der Waals surface area contributed by atoms with E-state index < -0.39 is 11.9 Å². The van der Waals surface area contributed by atoms with Crippen molar-refractivity contribution >= 4 is 33.6 Å². The van der Waals surface area contributed by atoms with Gasteiger partial charge in [-0.25, -0.2) is 0 Å². The molecule has 0 fully saturated rings. The largest absolute Gasteiger partial charge is 0.456 e. The van der Waals surface area contributed by atoms with E-state index in [9.17, 15) is 14.4 Å². The van der Waals surface area contributed by atoms with Crippen molar-refractivity contribution in [3.05, 3.63) is 70.2 Å². The molecule has 1 N–H and O–H groups in total. The molecule has 0 aliphatic carbocycles. The molecule has 0 aliphatic heterocycles. The molecule has 0 spiro atoms. The lowest BCUT2D eigenvalue weighted by molar-refractivity contribution is -0.141. The van der Waals surface area contributed by atoms with E-state index in [0.717, 1.165) is 0 Å². The van der Waals surface area contributed by atoms with Gasteiger partial charge in [0.1, 0.15) is 6.54 Å². The highest BCUT2D eigenvalue weighted by atomic mass is 79.9. The van der Waals surface area contributed by atoms with Gasteiger partial charge in [0.15, 0.2) is 12.4 Å². The van der Waals surface area contributed by atoms with Gasteiger partial charge in [0.2, 0.25) is 0 Å². The molecule has 5 nitrogen and oxygen atoms in total. The van der Waals surface area contributed by atoms with Gasteiger partial charge in [-0.15, -0.1) is 0 Å². The van der Waals surface area contributed by atoms with Crippen molar-refractivity contribution in [2.75, 3.05) is 13.2 Å². The van der Waals surface area contributed by atoms with Gasteiger partial charge in [0.05, 0.1) is 5.56 Å². The molecule has 0 saturated carbocycles. The van der Waals surface area contributed by atoms with Crippen molar-refractivity contribution < 1.29 is 19.1 Å². The molecular weight excluding hydrogens is 362 g/mol. The summed E-state index contributed by atoms with van der Waals surface area (Å²) in [5, 5.41) is 2.45. The second-order valence-corrected chi connectivity index (χ2v) is 5.47. The molecule has 1 amide bonds. The van der Waals surface area contributed by atoms with E-state index in [4.69, 9.17) is 4.74 Å². The zero-order chi connectivity index (χ0) is 16.7. The first-order chi connectivity index (χ1) is 11.1. The monoisotopic (exact) mass is 375 g/mol. The third kappa shape index (κ3) is 5.03. The topological polar surface area (TPSA) is 72.5 Å². The molecule has 2 aromatic carbocycles. The van der Waals surface area contributed by atoms with Crippen LogP contribution in [0.5, 0.6) is 0 Å². The van der Waals surface area contributed by atoms with Crippen LogP contribution in [0.3, 0.4) is 0 Å². The number of ether oxygens (including phenoxy) is 1. The van der Waals surface area contributed by atoms with Crippen LogP contribution in [-0.2, 0) is 9.53 Å². The summed E-state index contributed by atoms with van der Waals surface area (Å²) in [7, 11) is 0. The van der Waals surface area contributed by atoms with Crippen molar-refractivity contribution in [3.8, 4) is 0 Å². The Kier molecular flexibility index (Phi) is 6.05. The summed E-state index contributed by atoms with van der Waals surface area (Å²) in [5.74, 6) is -1.37. The zero-order valence-electron chi connectivity index (χ0n) is 12.1. The first-order valence-corrected chi connectivity index (χ1v) is 7.64. The molecule has 2 aromatic rings. The number of esters is 1. The van der Waals surface area contributed by atoms with E-state index >= 15 is 0 Å². The summed E-state index contributed by atoms with van der Waals surface area (Å²) in [6.07, 6.45) is 0. The van der Waals surface area contributed by atoms with Gasteiger partial charge in [0.25, 0.3) is 5.91 Å². The maximum atomic E-state index is 11.9. The van der Waals surface area contributed by atoms with Gasteiger partial charge in [-0.2, -0.15) is 0 Å². The van der Waals surface area contributed by atoms with Crippen LogP contribution in [-0.4, -0.2) is 30.8 Å². The summed E-state index contributed by atoms with van der Waals surface area (Å²) < 4.78 is 5.49. The van der Waals surface area contributed by atoms with Crippen LogP contribution in [0.1, 0.15) is 20.7 Å². The van der Waals surface area contributed by atoms with E-state index in [2.05, 4.69) is 21.2 Å². The minimum Gasteiger partial charge on any atom is -0.456 e. The van der Waals surface area contributed by atoms with Crippen LogP contribution in [0.2, 0.25) is 0 Å². The summed E-state index contributed by atoms with van der Waals surface area (Å²) in [6, 6.07) is 15.4. The highest BCUT2D eigenvalue weighted by Crippen LogP contribution is 2.15. The number of hydrogen-bond acceptors (Lipinski definition) is 4. The zero-order valence-corrected chi connectivity index (χ0v) is 13.7. The Labute approximate surface area is 141 Å². The highest BCUT2D eigenvalue weighted by molar-refractivity contribution is 9.10. The van der Waals surface area contributed by atoms with Crippen LogP contribution in [0.25, 0.3) is 0 Å². The number of amides is 1. The van der Waals surface area contributed by atoms with Gasteiger partial charge in [-0.1, -0.05) is 42.5 Å². The van der Waals surface area contributed by atoms with Gasteiger partial charge in [0, 0.05) is 10.0 Å². The van der Waals surface area contributed by atoms with Crippen molar-refractivity contribution in [2.24, 2.45) is 0 Å². The Bertz CT molecular complexity index is 716. The molecule has 2 rings (SSSR count). The Morgan fingerprint density at radius 1 is 0.957 bits per heavy atom. The minimum absolute atomic E-state index is 0.295. The van der Waals surface area contributed by atoms with Gasteiger partial charge < -0.3 is 10.1 Å². The number of carbonyl (C=O) groups excluding carboxylic acids is 3. The normalized spacial score (nSPS) is 9.96. The number of ketones is 1. The third-order valence-electron chi connectivity index (χ3n) is 2.97. The molecule has 0 saturated heterocycles. The van der Waals surface area contributed by atoms with Crippen molar-refractivity contribution in [1.29, 1.82) is 0 Å². The molecule has 0 aromatic heterocycles. The molecule has 0 heterocycles. The molecule has 0 aliphatic rings. The lowest BCUT2D eigenvalue weighted by Crippen LogP contribution is -2.31. The summed E-state index contributed by atoms with van der Waals surface area (Å²) in [4.78, 5) is 35.3. The maximum Gasteiger partial charge on any atom is 0.325 e. The second kappa shape index (κ2) is 8.24. The number of carbonyl (C=O) groups is 3. The molecule has 0 atom stereocenters. The van der Waals surface area contributed by atoms with Crippen LogP contribution in [0.4, 0.5) is 0 Å². The first-order valence-electron chi connectivity index (χ1n) is 6.84. The molecule has 23 heavy (non-hydrogen) atoms. The van der Waals surface area contributed by atoms with Gasteiger partial charge >= 0.3 is 5.97 Å². The van der Waals surface area contributed by atoms with Gasteiger partial charge in [-0.3, -0.25) is 14.4 Å². The lowest BCUT2D eigenvalue weighted by atomic mass is 10.1. The predicted octanol–water partition coefficient (Wildman–Crippen LogP) is 2.61. The van der Waals surface area contributed by atoms with Crippen LogP contribution >= 0.6 is 15.9 Å². The van der Waals surface area contributed by atoms with Crippen LogP contribution in [0.15, 0.2) is 59.1 Å². The van der Waals surface area contributed by atoms with Crippen LogP contribution in [0, 0.1) is 0 Å². The minimum atomic E-state index is -0.672. The van der Waals surface area contributed by atoms with Crippen molar-refractivity contribution in [2.45, 2.75) is 0 Å². The number of halogens is 1. The fourth-order valence-corrected chi connectivity index (χ4v) is 2.26. The number of Topliss-reactive ketones (excluding diaryl/α,β-unsaturated/α-hetero) is 1. The molecular formula is C17H14BrNO4. The number of nitrogens with one attached hydrogen (secondary N) is 1.